The van der Waals surface area contributed by atoms with Crippen LogP contribution in [0.1, 0.15) is 19.8 Å². The van der Waals surface area contributed by atoms with Gasteiger partial charge in [0.15, 0.2) is 0 Å². The predicted molar refractivity (Wildman–Crippen MR) is 74.0 cm³/mol. The van der Waals surface area contributed by atoms with Crippen LogP contribution in [0, 0.1) is 0 Å². The molecule has 17 heavy (non-hydrogen) atoms. The van der Waals surface area contributed by atoms with E-state index in [4.69, 9.17) is 4.74 Å². The number of ether oxygens (including phenoxy) is 1. The van der Waals surface area contributed by atoms with E-state index in [1.807, 2.05) is 12.1 Å². The lowest BCUT2D eigenvalue weighted by atomic mass is 10.2. The van der Waals surface area contributed by atoms with Crippen LogP contribution in [0.3, 0.4) is 0 Å². The molecule has 0 saturated carbocycles. The van der Waals surface area contributed by atoms with Crippen LogP contribution in [-0.4, -0.2) is 33.8 Å². The van der Waals surface area contributed by atoms with Crippen LogP contribution < -0.4 is 15.0 Å². The van der Waals surface area contributed by atoms with Crippen LogP contribution in [0.2, 0.25) is 0 Å². The Labute approximate surface area is 105 Å². The highest BCUT2D eigenvalue weighted by Crippen LogP contribution is 2.19. The number of hydrogen-bond donors (Lipinski definition) is 1. The van der Waals surface area contributed by atoms with Gasteiger partial charge in [0.2, 0.25) is 0 Å². The SMILES string of the molecule is CCCNCCCN(C)c1cccc(OC)c1. The highest BCUT2D eigenvalue weighted by atomic mass is 16.5. The maximum atomic E-state index is 5.22. The molecule has 1 aromatic carbocycles. The summed E-state index contributed by atoms with van der Waals surface area (Å²) in [6.45, 7) is 5.45. The molecule has 0 amide bonds. The zero-order valence-electron chi connectivity index (χ0n) is 11.2. The average molecular weight is 236 g/mol. The summed E-state index contributed by atoms with van der Waals surface area (Å²) >= 11 is 0. The fraction of sp³-hybridized carbons (Fsp3) is 0.571. The van der Waals surface area contributed by atoms with Crippen LogP contribution in [-0.2, 0) is 0 Å². The van der Waals surface area contributed by atoms with E-state index >= 15 is 0 Å². The van der Waals surface area contributed by atoms with Gasteiger partial charge in [-0.15, -0.1) is 0 Å². The zero-order chi connectivity index (χ0) is 12.5. The third-order valence-corrected chi connectivity index (χ3v) is 2.77. The van der Waals surface area contributed by atoms with Crippen LogP contribution in [0.15, 0.2) is 24.3 Å². The van der Waals surface area contributed by atoms with Gasteiger partial charge in [-0.2, -0.15) is 0 Å². The first-order valence-corrected chi connectivity index (χ1v) is 6.34. The molecule has 1 N–H and O–H groups in total. The Balaban J connectivity index is 2.33. The molecule has 0 saturated heterocycles. The average Bonchev–Trinajstić information content (AvgIpc) is 2.38. The minimum atomic E-state index is 0.915. The van der Waals surface area contributed by atoms with E-state index in [0.29, 0.717) is 0 Å². The quantitative estimate of drug-likeness (QED) is 0.702. The highest BCUT2D eigenvalue weighted by Gasteiger charge is 2.01. The number of hydrogen-bond acceptors (Lipinski definition) is 3. The summed E-state index contributed by atoms with van der Waals surface area (Å²) in [5, 5.41) is 3.41. The van der Waals surface area contributed by atoms with Gasteiger partial charge in [0.05, 0.1) is 7.11 Å². The van der Waals surface area contributed by atoms with Gasteiger partial charge >= 0.3 is 0 Å². The molecule has 0 heterocycles. The summed E-state index contributed by atoms with van der Waals surface area (Å²) in [7, 11) is 3.82. The number of nitrogens with one attached hydrogen (secondary N) is 1. The maximum Gasteiger partial charge on any atom is 0.120 e. The van der Waals surface area contributed by atoms with Gasteiger partial charge in [-0.1, -0.05) is 13.0 Å². The third-order valence-electron chi connectivity index (χ3n) is 2.77. The van der Waals surface area contributed by atoms with Crippen molar-refractivity contribution < 1.29 is 4.74 Å². The van der Waals surface area contributed by atoms with Gasteiger partial charge in [-0.05, 0) is 38.1 Å². The molecular formula is C14H24N2O. The minimum Gasteiger partial charge on any atom is -0.497 e. The Hall–Kier alpha value is -1.22. The molecule has 0 unspecified atom stereocenters. The minimum absolute atomic E-state index is 0.915. The lowest BCUT2D eigenvalue weighted by Gasteiger charge is -2.19. The molecule has 0 radical (unpaired) electrons. The van der Waals surface area contributed by atoms with E-state index in [1.54, 1.807) is 7.11 Å². The molecule has 0 aliphatic rings. The van der Waals surface area contributed by atoms with Crippen LogP contribution in [0.5, 0.6) is 5.75 Å². The number of nitrogens with zero attached hydrogens (tertiary/aromatic N) is 1. The topological polar surface area (TPSA) is 24.5 Å². The van der Waals surface area contributed by atoms with Gasteiger partial charge < -0.3 is 15.0 Å². The first-order chi connectivity index (χ1) is 8.27. The molecule has 0 atom stereocenters. The Morgan fingerprint density at radius 2 is 2.12 bits per heavy atom. The molecule has 1 aromatic rings. The number of anilines is 1. The highest BCUT2D eigenvalue weighted by molar-refractivity contribution is 5.49. The second-order valence-corrected chi connectivity index (χ2v) is 4.23. The van der Waals surface area contributed by atoms with E-state index in [-0.39, 0.29) is 0 Å². The smallest absolute Gasteiger partial charge is 0.120 e. The fourth-order valence-corrected chi connectivity index (χ4v) is 1.72. The number of benzene rings is 1. The standard InChI is InChI=1S/C14H24N2O/c1-4-9-15-10-6-11-16(2)13-7-5-8-14(12-13)17-3/h5,7-8,12,15H,4,6,9-11H2,1-3H3. The predicted octanol–water partition coefficient (Wildman–Crippen LogP) is 2.52. The molecule has 96 valence electrons. The first kappa shape index (κ1) is 13.8. The summed E-state index contributed by atoms with van der Waals surface area (Å²) in [5.74, 6) is 0.915. The Morgan fingerprint density at radius 1 is 1.29 bits per heavy atom. The van der Waals surface area contributed by atoms with E-state index in [0.717, 1.165) is 31.8 Å². The summed E-state index contributed by atoms with van der Waals surface area (Å²) in [4.78, 5) is 2.26. The third kappa shape index (κ3) is 5.09. The molecule has 0 spiro atoms. The first-order valence-electron chi connectivity index (χ1n) is 6.34. The van der Waals surface area contributed by atoms with Crippen LogP contribution in [0.25, 0.3) is 0 Å². The fourth-order valence-electron chi connectivity index (χ4n) is 1.72. The van der Waals surface area contributed by atoms with Crippen molar-refractivity contribution >= 4 is 5.69 Å². The van der Waals surface area contributed by atoms with E-state index in [2.05, 4.69) is 36.3 Å². The van der Waals surface area contributed by atoms with Crippen molar-refractivity contribution in [3.63, 3.8) is 0 Å². The van der Waals surface area contributed by atoms with Crippen molar-refractivity contribution in [1.29, 1.82) is 0 Å². The van der Waals surface area contributed by atoms with Crippen molar-refractivity contribution in [2.75, 3.05) is 38.7 Å². The molecule has 1 rings (SSSR count). The molecule has 0 aliphatic heterocycles. The van der Waals surface area contributed by atoms with Crippen LogP contribution in [0.4, 0.5) is 5.69 Å². The summed E-state index contributed by atoms with van der Waals surface area (Å²) in [6.07, 6.45) is 2.36. The second kappa shape index (κ2) is 7.96. The molecular weight excluding hydrogens is 212 g/mol. The van der Waals surface area contributed by atoms with Crippen molar-refractivity contribution in [3.05, 3.63) is 24.3 Å². The molecule has 0 fully saturated rings. The van der Waals surface area contributed by atoms with Crippen molar-refractivity contribution in [2.45, 2.75) is 19.8 Å². The Bertz CT molecular complexity index is 315. The van der Waals surface area contributed by atoms with Gasteiger partial charge in [-0.3, -0.25) is 0 Å². The van der Waals surface area contributed by atoms with E-state index in [9.17, 15) is 0 Å². The normalized spacial score (nSPS) is 10.3. The van der Waals surface area contributed by atoms with Crippen molar-refractivity contribution in [3.8, 4) is 5.75 Å². The van der Waals surface area contributed by atoms with Crippen LogP contribution >= 0.6 is 0 Å². The summed E-state index contributed by atoms with van der Waals surface area (Å²) < 4.78 is 5.22. The maximum absolute atomic E-state index is 5.22. The second-order valence-electron chi connectivity index (χ2n) is 4.23. The van der Waals surface area contributed by atoms with E-state index < -0.39 is 0 Å². The van der Waals surface area contributed by atoms with E-state index in [1.165, 1.54) is 12.1 Å². The van der Waals surface area contributed by atoms with Gasteiger partial charge in [0.25, 0.3) is 0 Å². The monoisotopic (exact) mass is 236 g/mol. The van der Waals surface area contributed by atoms with Crippen molar-refractivity contribution in [2.24, 2.45) is 0 Å². The lowest BCUT2D eigenvalue weighted by Crippen LogP contribution is -2.24. The summed E-state index contributed by atoms with van der Waals surface area (Å²) in [5.41, 5.74) is 1.21. The zero-order valence-corrected chi connectivity index (χ0v) is 11.2. The van der Waals surface area contributed by atoms with Gasteiger partial charge in [0.1, 0.15) is 5.75 Å². The molecule has 0 bridgehead atoms. The van der Waals surface area contributed by atoms with Gasteiger partial charge in [0, 0.05) is 25.3 Å². The Kier molecular flexibility index (Phi) is 6.48. The van der Waals surface area contributed by atoms with Crippen molar-refractivity contribution in [1.82, 2.24) is 5.32 Å². The molecule has 0 aliphatic carbocycles. The largest absolute Gasteiger partial charge is 0.497 e. The molecule has 3 heteroatoms. The Morgan fingerprint density at radius 3 is 2.82 bits per heavy atom. The number of rotatable bonds is 8. The lowest BCUT2D eigenvalue weighted by molar-refractivity contribution is 0.415. The molecule has 0 aromatic heterocycles. The molecule has 3 nitrogen and oxygen atoms in total. The summed E-state index contributed by atoms with van der Waals surface area (Å²) in [6, 6.07) is 8.18. The number of methoxy groups -OCH3 is 1. The van der Waals surface area contributed by atoms with Gasteiger partial charge in [-0.25, -0.2) is 0 Å².